The molecule has 0 bridgehead atoms. The molecule has 0 radical (unpaired) electrons. The predicted molar refractivity (Wildman–Crippen MR) is 83.6 cm³/mol. The third-order valence-corrected chi connectivity index (χ3v) is 4.79. The zero-order valence-corrected chi connectivity index (χ0v) is 13.0. The molecule has 0 spiro atoms. The zero-order valence-electron chi connectivity index (χ0n) is 13.0. The molecular formula is C17H28N2O. The van der Waals surface area contributed by atoms with Gasteiger partial charge in [-0.2, -0.15) is 0 Å². The molecule has 1 aliphatic rings. The fourth-order valence-electron chi connectivity index (χ4n) is 3.13. The van der Waals surface area contributed by atoms with Crippen LogP contribution in [-0.4, -0.2) is 41.8 Å². The molecule has 112 valence electrons. The van der Waals surface area contributed by atoms with E-state index >= 15 is 0 Å². The molecule has 0 unspecified atom stereocenters. The van der Waals surface area contributed by atoms with E-state index in [1.54, 1.807) is 0 Å². The molecule has 2 rings (SSSR count). The average Bonchev–Trinajstić information content (AvgIpc) is 2.43. The Kier molecular flexibility index (Phi) is 5.19. The van der Waals surface area contributed by atoms with Gasteiger partial charge in [0.15, 0.2) is 0 Å². The fraction of sp³-hybridized carbons (Fsp3) is 0.647. The topological polar surface area (TPSA) is 35.5 Å². The highest BCUT2D eigenvalue weighted by atomic mass is 16.3. The van der Waals surface area contributed by atoms with Gasteiger partial charge in [0.2, 0.25) is 0 Å². The van der Waals surface area contributed by atoms with Crippen molar-refractivity contribution in [3.05, 3.63) is 35.9 Å². The monoisotopic (exact) mass is 276 g/mol. The van der Waals surface area contributed by atoms with Crippen molar-refractivity contribution < 1.29 is 5.11 Å². The van der Waals surface area contributed by atoms with E-state index in [1.165, 1.54) is 5.56 Å². The van der Waals surface area contributed by atoms with Crippen LogP contribution >= 0.6 is 0 Å². The first kappa shape index (κ1) is 15.5. The van der Waals surface area contributed by atoms with Gasteiger partial charge in [-0.15, -0.1) is 0 Å². The Morgan fingerprint density at radius 2 is 2.00 bits per heavy atom. The summed E-state index contributed by atoms with van der Waals surface area (Å²) >= 11 is 0. The maximum absolute atomic E-state index is 10.9. The molecule has 1 aliphatic heterocycles. The van der Waals surface area contributed by atoms with Crippen LogP contribution in [0.4, 0.5) is 0 Å². The smallest absolute Gasteiger partial charge is 0.0712 e. The van der Waals surface area contributed by atoms with Crippen LogP contribution in [-0.2, 0) is 6.54 Å². The number of nitrogens with zero attached hydrogens (tertiary/aromatic N) is 1. The van der Waals surface area contributed by atoms with Crippen LogP contribution in [0.1, 0.15) is 32.3 Å². The number of aliphatic hydroxyl groups is 1. The van der Waals surface area contributed by atoms with Crippen LogP contribution in [0.2, 0.25) is 0 Å². The number of nitrogens with one attached hydrogen (secondary N) is 1. The lowest BCUT2D eigenvalue weighted by Crippen LogP contribution is -2.54. The van der Waals surface area contributed by atoms with E-state index < -0.39 is 5.60 Å². The van der Waals surface area contributed by atoms with Gasteiger partial charge in [-0.25, -0.2) is 0 Å². The Bertz CT molecular complexity index is 409. The number of benzene rings is 1. The van der Waals surface area contributed by atoms with Crippen molar-refractivity contribution in [2.45, 2.75) is 44.9 Å². The second-order valence-corrected chi connectivity index (χ2v) is 6.41. The van der Waals surface area contributed by atoms with Gasteiger partial charge in [-0.3, -0.25) is 0 Å². The van der Waals surface area contributed by atoms with Crippen LogP contribution in [0.15, 0.2) is 30.3 Å². The van der Waals surface area contributed by atoms with E-state index in [0.29, 0.717) is 12.0 Å². The summed E-state index contributed by atoms with van der Waals surface area (Å²) in [5.74, 6) is 0.335. The molecule has 1 saturated heterocycles. The molecule has 0 amide bonds. The summed E-state index contributed by atoms with van der Waals surface area (Å²) < 4.78 is 0. The molecule has 2 N–H and O–H groups in total. The van der Waals surface area contributed by atoms with Crippen molar-refractivity contribution >= 4 is 0 Å². The summed E-state index contributed by atoms with van der Waals surface area (Å²) in [4.78, 5) is 2.34. The maximum Gasteiger partial charge on any atom is 0.0712 e. The maximum atomic E-state index is 10.9. The molecule has 1 aromatic rings. The summed E-state index contributed by atoms with van der Waals surface area (Å²) in [7, 11) is 2.15. The van der Waals surface area contributed by atoms with E-state index in [2.05, 4.69) is 55.4 Å². The van der Waals surface area contributed by atoms with E-state index in [-0.39, 0.29) is 0 Å². The van der Waals surface area contributed by atoms with Crippen LogP contribution in [0.5, 0.6) is 0 Å². The molecule has 0 aliphatic carbocycles. The molecule has 3 atom stereocenters. The van der Waals surface area contributed by atoms with E-state index in [9.17, 15) is 5.11 Å². The van der Waals surface area contributed by atoms with Crippen molar-refractivity contribution in [1.29, 1.82) is 0 Å². The van der Waals surface area contributed by atoms with Gasteiger partial charge in [0.05, 0.1) is 5.60 Å². The van der Waals surface area contributed by atoms with Crippen LogP contribution in [0.3, 0.4) is 0 Å². The Labute approximate surface area is 123 Å². The minimum atomic E-state index is -0.518. The highest BCUT2D eigenvalue weighted by Crippen LogP contribution is 2.33. The third-order valence-electron chi connectivity index (χ3n) is 4.79. The van der Waals surface area contributed by atoms with Crippen LogP contribution < -0.4 is 5.32 Å². The summed E-state index contributed by atoms with van der Waals surface area (Å²) in [6, 6.07) is 10.9. The van der Waals surface area contributed by atoms with E-state index in [1.807, 2.05) is 6.07 Å². The highest BCUT2D eigenvalue weighted by Gasteiger charge is 2.40. The van der Waals surface area contributed by atoms with E-state index in [0.717, 1.165) is 32.5 Å². The fourth-order valence-corrected chi connectivity index (χ4v) is 3.13. The molecule has 1 heterocycles. The number of rotatable bonds is 5. The lowest BCUT2D eigenvalue weighted by Gasteiger charge is -2.46. The minimum Gasteiger partial charge on any atom is -0.389 e. The second kappa shape index (κ2) is 6.70. The lowest BCUT2D eigenvalue weighted by atomic mass is 9.77. The van der Waals surface area contributed by atoms with Crippen molar-refractivity contribution in [3.63, 3.8) is 0 Å². The van der Waals surface area contributed by atoms with Crippen molar-refractivity contribution in [1.82, 2.24) is 10.2 Å². The Morgan fingerprint density at radius 1 is 1.30 bits per heavy atom. The molecular weight excluding hydrogens is 248 g/mol. The molecule has 3 heteroatoms. The van der Waals surface area contributed by atoms with Crippen molar-refractivity contribution in [3.8, 4) is 0 Å². The third kappa shape index (κ3) is 3.81. The molecule has 0 saturated carbocycles. The van der Waals surface area contributed by atoms with Gasteiger partial charge in [0.25, 0.3) is 0 Å². The van der Waals surface area contributed by atoms with Crippen molar-refractivity contribution in [2.75, 3.05) is 20.1 Å². The standard InChI is InChI=1S/C17H28N2O/c1-14-13-19(3)15(2)11-17(14,20)9-10-18-12-16-7-5-4-6-8-16/h4-8,14-15,18,20H,9-13H2,1-3H3/t14-,15+,17+/m1/s1. The number of piperidine rings is 1. The first-order valence-electron chi connectivity index (χ1n) is 7.68. The quantitative estimate of drug-likeness (QED) is 0.810. The van der Waals surface area contributed by atoms with Crippen molar-refractivity contribution in [2.24, 2.45) is 5.92 Å². The first-order chi connectivity index (χ1) is 9.51. The van der Waals surface area contributed by atoms with E-state index in [4.69, 9.17) is 0 Å². The number of hydrogen-bond acceptors (Lipinski definition) is 3. The lowest BCUT2D eigenvalue weighted by molar-refractivity contribution is -0.0831. The number of hydrogen-bond donors (Lipinski definition) is 2. The van der Waals surface area contributed by atoms with Gasteiger partial charge >= 0.3 is 0 Å². The summed E-state index contributed by atoms with van der Waals surface area (Å²) in [5.41, 5.74) is 0.777. The first-order valence-corrected chi connectivity index (χ1v) is 7.68. The summed E-state index contributed by atoms with van der Waals surface area (Å²) in [5, 5.41) is 14.3. The number of likely N-dealkylation sites (tertiary alicyclic amines) is 1. The Balaban J connectivity index is 1.78. The molecule has 1 aromatic carbocycles. The van der Waals surface area contributed by atoms with Crippen LogP contribution in [0.25, 0.3) is 0 Å². The Morgan fingerprint density at radius 3 is 2.70 bits per heavy atom. The largest absolute Gasteiger partial charge is 0.389 e. The second-order valence-electron chi connectivity index (χ2n) is 6.41. The summed E-state index contributed by atoms with van der Waals surface area (Å²) in [6.45, 7) is 7.09. The summed E-state index contributed by atoms with van der Waals surface area (Å²) in [6.07, 6.45) is 1.71. The Hall–Kier alpha value is -0.900. The van der Waals surface area contributed by atoms with Gasteiger partial charge in [0.1, 0.15) is 0 Å². The highest BCUT2D eigenvalue weighted by molar-refractivity contribution is 5.14. The molecule has 0 aromatic heterocycles. The van der Waals surface area contributed by atoms with Gasteiger partial charge in [0, 0.05) is 19.1 Å². The minimum absolute atomic E-state index is 0.335. The SMILES string of the molecule is C[C@@H]1CN(C)[C@@H](C)C[C@@]1(O)CCNCc1ccccc1. The predicted octanol–water partition coefficient (Wildman–Crippen LogP) is 2.26. The molecule has 20 heavy (non-hydrogen) atoms. The van der Waals surface area contributed by atoms with Crippen LogP contribution in [0, 0.1) is 5.92 Å². The average molecular weight is 276 g/mol. The normalized spacial score (nSPS) is 31.4. The molecule has 3 nitrogen and oxygen atoms in total. The molecule has 1 fully saturated rings. The van der Waals surface area contributed by atoms with Gasteiger partial charge < -0.3 is 15.3 Å². The zero-order chi connectivity index (χ0) is 14.6. The van der Waals surface area contributed by atoms with Gasteiger partial charge in [-0.1, -0.05) is 37.3 Å². The van der Waals surface area contributed by atoms with Gasteiger partial charge in [-0.05, 0) is 44.8 Å².